The van der Waals surface area contributed by atoms with Crippen LogP contribution in [0, 0.1) is 0 Å². The average molecular weight is 568 g/mol. The predicted molar refractivity (Wildman–Crippen MR) is 156 cm³/mol. The topological polar surface area (TPSA) is 53.0 Å². The molecule has 2 aliphatic heterocycles. The molecule has 5 rings (SSSR count). The first-order chi connectivity index (χ1) is 18.9. The number of benzene rings is 3. The van der Waals surface area contributed by atoms with Crippen LogP contribution < -0.4 is 0 Å². The molecule has 3 aromatic rings. The van der Waals surface area contributed by atoms with Gasteiger partial charge >= 0.3 is 0 Å². The van der Waals surface area contributed by atoms with Gasteiger partial charge < -0.3 is 19.6 Å². The van der Waals surface area contributed by atoms with Gasteiger partial charge in [-0.3, -0.25) is 4.79 Å². The van der Waals surface area contributed by atoms with Crippen molar-refractivity contribution in [2.24, 2.45) is 0 Å². The molecule has 0 aromatic heterocycles. The van der Waals surface area contributed by atoms with Crippen molar-refractivity contribution in [2.45, 2.75) is 43.3 Å². The summed E-state index contributed by atoms with van der Waals surface area (Å²) in [6, 6.07) is 25.1. The molecule has 1 N–H and O–H groups in total. The summed E-state index contributed by atoms with van der Waals surface area (Å²) in [5.74, 6) is 0.0163. The van der Waals surface area contributed by atoms with Crippen molar-refractivity contribution >= 4 is 29.1 Å². The maximum Gasteiger partial charge on any atom is 0.253 e. The molecule has 3 aromatic carbocycles. The van der Waals surface area contributed by atoms with Gasteiger partial charge in [-0.1, -0.05) is 77.8 Å². The number of nitrogens with zero attached hydrogens (tertiary/aromatic N) is 2. The van der Waals surface area contributed by atoms with Gasteiger partial charge in [0.05, 0.1) is 22.2 Å². The fourth-order valence-electron chi connectivity index (χ4n) is 5.91. The van der Waals surface area contributed by atoms with Crippen molar-refractivity contribution < 1.29 is 14.6 Å². The number of hydrogen-bond acceptors (Lipinski definition) is 4. The van der Waals surface area contributed by atoms with E-state index in [1.807, 2.05) is 83.8 Å². The van der Waals surface area contributed by atoms with E-state index in [9.17, 15) is 9.90 Å². The highest BCUT2D eigenvalue weighted by Gasteiger charge is 2.40. The van der Waals surface area contributed by atoms with E-state index < -0.39 is 11.2 Å². The first kappa shape index (κ1) is 28.1. The number of likely N-dealkylation sites (tertiary alicyclic amines) is 2. The van der Waals surface area contributed by atoms with Gasteiger partial charge in [-0.15, -0.1) is 0 Å². The van der Waals surface area contributed by atoms with Crippen LogP contribution in [-0.4, -0.2) is 60.1 Å². The fraction of sp³-hybridized carbons (Fsp3) is 0.406. The third-order valence-corrected chi connectivity index (χ3v) is 8.94. The maximum absolute atomic E-state index is 13.3. The summed E-state index contributed by atoms with van der Waals surface area (Å²) >= 11 is 12.7. The number of hydrogen-bond donors (Lipinski definition) is 1. The van der Waals surface area contributed by atoms with Crippen LogP contribution in [0.1, 0.15) is 53.6 Å². The number of ether oxygens (including phenoxy) is 1. The summed E-state index contributed by atoms with van der Waals surface area (Å²) < 4.78 is 6.70. The Morgan fingerprint density at radius 2 is 1.54 bits per heavy atom. The molecule has 7 heteroatoms. The van der Waals surface area contributed by atoms with Gasteiger partial charge in [0.1, 0.15) is 5.60 Å². The number of aliphatic hydroxyl groups is 1. The highest BCUT2D eigenvalue weighted by atomic mass is 35.5. The maximum atomic E-state index is 13.3. The molecule has 1 atom stereocenters. The zero-order chi connectivity index (χ0) is 27.3. The molecular weight excluding hydrogens is 531 g/mol. The summed E-state index contributed by atoms with van der Waals surface area (Å²) in [5.41, 5.74) is 1.25. The summed E-state index contributed by atoms with van der Waals surface area (Å²) in [7, 11) is 0. The van der Waals surface area contributed by atoms with Crippen molar-refractivity contribution in [3.05, 3.63) is 106 Å². The number of rotatable bonds is 8. The second-order valence-corrected chi connectivity index (χ2v) is 11.6. The van der Waals surface area contributed by atoms with Crippen molar-refractivity contribution in [3.63, 3.8) is 0 Å². The highest BCUT2D eigenvalue weighted by Crippen LogP contribution is 2.39. The van der Waals surface area contributed by atoms with Crippen molar-refractivity contribution in [1.82, 2.24) is 9.80 Å². The molecule has 0 aliphatic carbocycles. The Hall–Kier alpha value is -2.41. The third kappa shape index (κ3) is 6.50. The fourth-order valence-corrected chi connectivity index (χ4v) is 6.21. The molecule has 1 amide bonds. The lowest BCUT2D eigenvalue weighted by atomic mass is 9.84. The molecule has 2 aliphatic rings. The SMILES string of the molecule is O=C(c1ccccc1)N1CCCC(OCCCN2CCC(O)(c3ccccc3)CC2)(c2ccc(Cl)c(Cl)c2)C1. The molecule has 0 radical (unpaired) electrons. The Kier molecular flexibility index (Phi) is 8.95. The number of carbonyl (C=O) groups excluding carboxylic acids is 1. The van der Waals surface area contributed by atoms with E-state index in [1.165, 1.54) is 0 Å². The van der Waals surface area contributed by atoms with Crippen LogP contribution in [0.4, 0.5) is 0 Å². The normalized spacial score (nSPS) is 21.6. The van der Waals surface area contributed by atoms with E-state index in [-0.39, 0.29) is 5.91 Å². The van der Waals surface area contributed by atoms with E-state index in [0.29, 0.717) is 35.3 Å². The molecule has 39 heavy (non-hydrogen) atoms. The Labute approximate surface area is 241 Å². The first-order valence-electron chi connectivity index (χ1n) is 13.8. The summed E-state index contributed by atoms with van der Waals surface area (Å²) in [4.78, 5) is 17.6. The smallest absolute Gasteiger partial charge is 0.253 e. The molecule has 2 saturated heterocycles. The van der Waals surface area contributed by atoms with Crippen LogP contribution >= 0.6 is 23.2 Å². The molecule has 0 spiro atoms. The Morgan fingerprint density at radius 3 is 2.23 bits per heavy atom. The summed E-state index contributed by atoms with van der Waals surface area (Å²) in [6.07, 6.45) is 3.95. The van der Waals surface area contributed by atoms with E-state index in [0.717, 1.165) is 62.9 Å². The number of carbonyl (C=O) groups is 1. The van der Waals surface area contributed by atoms with Crippen molar-refractivity contribution in [2.75, 3.05) is 39.3 Å². The lowest BCUT2D eigenvalue weighted by Crippen LogP contribution is -2.50. The summed E-state index contributed by atoms with van der Waals surface area (Å²) in [5, 5.41) is 12.1. The minimum Gasteiger partial charge on any atom is -0.385 e. The van der Waals surface area contributed by atoms with Crippen LogP contribution in [0.5, 0.6) is 0 Å². The predicted octanol–water partition coefficient (Wildman–Crippen LogP) is 6.52. The molecule has 0 bridgehead atoms. The third-order valence-electron chi connectivity index (χ3n) is 8.20. The van der Waals surface area contributed by atoms with E-state index in [4.69, 9.17) is 27.9 Å². The standard InChI is InChI=1S/C32H36Cl2N2O3/c33-28-14-13-27(23-29(28)34)32(15-7-19-36(24-32)30(37)25-9-3-1-4-10-25)39-22-8-18-35-20-16-31(38,17-21-35)26-11-5-2-6-12-26/h1-6,9-14,23,38H,7-8,15-22,24H2. The Balaban J connectivity index is 1.23. The van der Waals surface area contributed by atoms with Gasteiger partial charge in [0.15, 0.2) is 0 Å². The minimum atomic E-state index is -0.747. The minimum absolute atomic E-state index is 0.0163. The van der Waals surface area contributed by atoms with Crippen molar-refractivity contribution in [3.8, 4) is 0 Å². The molecule has 1 unspecified atom stereocenters. The lowest BCUT2D eigenvalue weighted by Gasteiger charge is -2.43. The van der Waals surface area contributed by atoms with Gasteiger partial charge in [-0.2, -0.15) is 0 Å². The quantitative estimate of drug-likeness (QED) is 0.315. The monoisotopic (exact) mass is 566 g/mol. The first-order valence-corrected chi connectivity index (χ1v) is 14.6. The number of amides is 1. The van der Waals surface area contributed by atoms with Crippen molar-refractivity contribution in [1.29, 1.82) is 0 Å². The zero-order valence-corrected chi connectivity index (χ0v) is 23.7. The lowest BCUT2D eigenvalue weighted by molar-refractivity contribution is -0.0925. The van der Waals surface area contributed by atoms with Gasteiger partial charge in [0.2, 0.25) is 0 Å². The molecule has 206 valence electrons. The van der Waals surface area contributed by atoms with Crippen LogP contribution in [-0.2, 0) is 15.9 Å². The number of piperidine rings is 2. The van der Waals surface area contributed by atoms with E-state index >= 15 is 0 Å². The van der Waals surface area contributed by atoms with Crippen LogP contribution in [0.2, 0.25) is 10.0 Å². The molecule has 5 nitrogen and oxygen atoms in total. The average Bonchev–Trinajstić information content (AvgIpc) is 2.98. The molecular formula is C32H36Cl2N2O3. The van der Waals surface area contributed by atoms with E-state index in [2.05, 4.69) is 4.90 Å². The van der Waals surface area contributed by atoms with Crippen LogP contribution in [0.25, 0.3) is 0 Å². The second kappa shape index (κ2) is 12.4. The van der Waals surface area contributed by atoms with E-state index in [1.54, 1.807) is 0 Å². The molecule has 2 heterocycles. The number of halogens is 2. The highest BCUT2D eigenvalue weighted by molar-refractivity contribution is 6.42. The van der Waals surface area contributed by atoms with Crippen LogP contribution in [0.15, 0.2) is 78.9 Å². The zero-order valence-electron chi connectivity index (χ0n) is 22.2. The van der Waals surface area contributed by atoms with Gasteiger partial charge in [0.25, 0.3) is 5.91 Å². The van der Waals surface area contributed by atoms with Gasteiger partial charge in [-0.25, -0.2) is 0 Å². The largest absolute Gasteiger partial charge is 0.385 e. The summed E-state index contributed by atoms with van der Waals surface area (Å²) in [6.45, 7) is 4.32. The van der Waals surface area contributed by atoms with Crippen LogP contribution in [0.3, 0.4) is 0 Å². The Bertz CT molecular complexity index is 1250. The molecule has 0 saturated carbocycles. The Morgan fingerprint density at radius 1 is 0.846 bits per heavy atom. The van der Waals surface area contributed by atoms with Gasteiger partial charge in [-0.05, 0) is 67.5 Å². The molecule has 2 fully saturated rings. The second-order valence-electron chi connectivity index (χ2n) is 10.8. The van der Waals surface area contributed by atoms with Gasteiger partial charge in [0, 0.05) is 38.3 Å².